The third-order valence-corrected chi connectivity index (χ3v) is 28.7. The van der Waals surface area contributed by atoms with E-state index in [1.54, 1.807) is 43.9 Å². The maximum absolute atomic E-state index is 12.7. The fraction of sp³-hybridized carbons (Fsp3) is 0.734. The highest BCUT2D eigenvalue weighted by Crippen LogP contribution is 3.03. The lowest BCUT2D eigenvalue weighted by molar-refractivity contribution is -0.155. The van der Waals surface area contributed by atoms with Gasteiger partial charge in [0.15, 0.2) is 0 Å². The van der Waals surface area contributed by atoms with Crippen LogP contribution in [0.3, 0.4) is 0 Å². The van der Waals surface area contributed by atoms with E-state index in [9.17, 15) is 4.79 Å². The summed E-state index contributed by atoms with van der Waals surface area (Å²) in [6.07, 6.45) is 27.1. The van der Waals surface area contributed by atoms with E-state index in [0.717, 1.165) is 154 Å². The lowest BCUT2D eigenvalue weighted by atomic mass is 9.41. The Labute approximate surface area is 394 Å². The molecule has 2 aromatic rings. The zero-order valence-electron chi connectivity index (χ0n) is 39.9. The van der Waals surface area contributed by atoms with Gasteiger partial charge in [0, 0.05) is 22.7 Å². The number of allylic oxidation sites excluding steroid dienone is 4. The first-order valence-electron chi connectivity index (χ1n) is 29.1. The molecule has 0 heterocycles. The first-order chi connectivity index (χ1) is 32.5. The molecule has 17 aliphatic rings. The minimum absolute atomic E-state index is 0.0000457. The largest absolute Gasteiger partial charge is 0.469 e. The third-order valence-electron chi connectivity index (χ3n) is 28.7. The van der Waals surface area contributed by atoms with Gasteiger partial charge in [-0.3, -0.25) is 4.79 Å². The highest BCUT2D eigenvalue weighted by Gasteiger charge is 3.00. The molecular weight excluding hydrogens is 801 g/mol. The molecule has 15 saturated carbocycles. The number of unbranched alkanes of at least 4 members (excludes halogenated alkanes) is 3. The smallest absolute Gasteiger partial charge is 0.305 e. The summed E-state index contributed by atoms with van der Waals surface area (Å²) in [5.74, 6) is 25.8. The van der Waals surface area contributed by atoms with Gasteiger partial charge in [-0.15, -0.1) is 0 Å². The molecule has 2 aromatic carbocycles. The van der Waals surface area contributed by atoms with Crippen LogP contribution in [0.1, 0.15) is 120 Å². The molecule has 30 atom stereocenters. The fourth-order valence-electron chi connectivity index (χ4n) is 29.9. The number of benzene rings is 2. The van der Waals surface area contributed by atoms with Crippen LogP contribution >= 0.6 is 0 Å². The minimum Gasteiger partial charge on any atom is -0.469 e. The second kappa shape index (κ2) is 11.6. The summed E-state index contributed by atoms with van der Waals surface area (Å²) in [4.78, 5) is 12.7. The number of ether oxygens (including phenoxy) is 1. The summed E-state index contributed by atoms with van der Waals surface area (Å²) in [6.45, 7) is 2.45. The number of hydrogen-bond donors (Lipinski definition) is 0. The van der Waals surface area contributed by atoms with Crippen molar-refractivity contribution in [3.05, 3.63) is 95.1 Å². The van der Waals surface area contributed by atoms with E-state index in [-0.39, 0.29) is 11.4 Å². The molecule has 19 rings (SSSR count). The topological polar surface area (TPSA) is 26.3 Å². The average Bonchev–Trinajstić information content (AvgIpc) is 4.07. The minimum atomic E-state index is 0.0000457. The van der Waals surface area contributed by atoms with Gasteiger partial charge in [0.05, 0.1) is 7.11 Å². The van der Waals surface area contributed by atoms with Crippen molar-refractivity contribution >= 4 is 5.97 Å². The van der Waals surface area contributed by atoms with Crippen molar-refractivity contribution in [3.8, 4) is 0 Å². The van der Waals surface area contributed by atoms with Crippen LogP contribution in [0.4, 0.5) is 0 Å². The van der Waals surface area contributed by atoms with Gasteiger partial charge in [-0.1, -0.05) is 117 Å². The molecule has 0 amide bonds. The predicted molar refractivity (Wildman–Crippen MR) is 255 cm³/mol. The molecule has 30 unspecified atom stereocenters. The lowest BCUT2D eigenvalue weighted by Crippen LogP contribution is -2.59. The molecule has 0 aromatic heterocycles. The maximum atomic E-state index is 12.7. The van der Waals surface area contributed by atoms with Gasteiger partial charge in [0.2, 0.25) is 0 Å². The zero-order valence-corrected chi connectivity index (χ0v) is 39.9. The van der Waals surface area contributed by atoms with Gasteiger partial charge in [-0.2, -0.15) is 0 Å². The normalized spacial score (nSPS) is 61.2. The van der Waals surface area contributed by atoms with Gasteiger partial charge in [-0.05, 0) is 235 Å². The molecular formula is C64H74O2. The monoisotopic (exact) mass is 875 g/mol. The Balaban J connectivity index is 0.878. The standard InChI is InChI=1S/C64H74O2/c1-3-4-7-18-39(30-14-8-5-9-15-30)61-26-34-22-31-21-32-25-37-29-62-28-36-24-33-23-35(27-61)45-42(33)48-46(36)60-57-50(48)52-51-49-47(41(31)44(34)55(51)59(61)56(45)52)43(32)54(53(49)57)58(37)64(60,62)63(62,38-16-10-6-11-17-38)20-13-12-19-40(65)66-2/h5-6,8-11,14-17,27,29,31-34,36,39,41-60H,3-4,7,12-13,18-26,28H2,1-2H3. The summed E-state index contributed by atoms with van der Waals surface area (Å²) >= 11 is 0. The van der Waals surface area contributed by atoms with E-state index in [2.05, 4.69) is 90.9 Å². The Bertz CT molecular complexity index is 2590. The van der Waals surface area contributed by atoms with Crippen LogP contribution in [0.15, 0.2) is 84.0 Å². The molecule has 2 heteroatoms. The van der Waals surface area contributed by atoms with Crippen molar-refractivity contribution in [2.24, 2.45) is 164 Å². The van der Waals surface area contributed by atoms with Crippen LogP contribution < -0.4 is 0 Å². The van der Waals surface area contributed by atoms with Gasteiger partial charge in [0.1, 0.15) is 0 Å². The highest BCUT2D eigenvalue weighted by molar-refractivity contribution is 5.69. The molecule has 0 aliphatic heterocycles. The van der Waals surface area contributed by atoms with Crippen LogP contribution in [0.25, 0.3) is 0 Å². The molecule has 15 fully saturated rings. The van der Waals surface area contributed by atoms with E-state index < -0.39 is 0 Å². The zero-order chi connectivity index (χ0) is 42.7. The van der Waals surface area contributed by atoms with Crippen LogP contribution in [0.2, 0.25) is 0 Å². The maximum Gasteiger partial charge on any atom is 0.305 e. The second-order valence-electron chi connectivity index (χ2n) is 28.5. The lowest BCUT2D eigenvalue weighted by Gasteiger charge is -2.63. The first kappa shape index (κ1) is 37.2. The molecule has 17 aliphatic carbocycles. The van der Waals surface area contributed by atoms with E-state index in [0.29, 0.717) is 28.6 Å². The Kier molecular flexibility index (Phi) is 6.55. The molecule has 0 N–H and O–H groups in total. The molecule has 0 saturated heterocycles. The van der Waals surface area contributed by atoms with Crippen LogP contribution in [-0.2, 0) is 14.9 Å². The number of carbonyl (C=O) groups excluding carboxylic acids is 1. The molecule has 66 heavy (non-hydrogen) atoms. The van der Waals surface area contributed by atoms with Crippen molar-refractivity contribution in [3.63, 3.8) is 0 Å². The molecule has 1 spiro atoms. The third kappa shape index (κ3) is 3.43. The fourth-order valence-corrected chi connectivity index (χ4v) is 29.9. The summed E-state index contributed by atoms with van der Waals surface area (Å²) in [6, 6.07) is 25.0. The van der Waals surface area contributed by atoms with Crippen LogP contribution in [0.5, 0.6) is 0 Å². The van der Waals surface area contributed by atoms with Crippen molar-refractivity contribution in [2.45, 2.75) is 115 Å². The first-order valence-corrected chi connectivity index (χ1v) is 29.1. The quantitative estimate of drug-likeness (QED) is 0.121. The van der Waals surface area contributed by atoms with E-state index >= 15 is 0 Å². The summed E-state index contributed by atoms with van der Waals surface area (Å²) < 4.78 is 5.28. The predicted octanol–water partition coefficient (Wildman–Crippen LogP) is 13.2. The summed E-state index contributed by atoms with van der Waals surface area (Å²) in [7, 11) is 1.60. The Morgan fingerprint density at radius 2 is 1.26 bits per heavy atom. The number of rotatable bonds is 12. The van der Waals surface area contributed by atoms with Crippen LogP contribution in [0, 0.1) is 164 Å². The number of hydrogen-bond acceptors (Lipinski definition) is 2. The number of methoxy groups -OCH3 is 1. The van der Waals surface area contributed by atoms with E-state index in [4.69, 9.17) is 4.74 Å². The van der Waals surface area contributed by atoms with Crippen molar-refractivity contribution in [1.29, 1.82) is 0 Å². The average molecular weight is 875 g/mol. The van der Waals surface area contributed by atoms with Gasteiger partial charge < -0.3 is 4.74 Å². The Morgan fingerprint density at radius 3 is 2.09 bits per heavy atom. The van der Waals surface area contributed by atoms with Gasteiger partial charge in [-0.25, -0.2) is 0 Å². The second-order valence-corrected chi connectivity index (χ2v) is 28.5. The number of carbonyl (C=O) groups is 1. The summed E-state index contributed by atoms with van der Waals surface area (Å²) in [5, 5.41) is 0. The molecule has 2 nitrogen and oxygen atoms in total. The molecule has 0 bridgehead atoms. The van der Waals surface area contributed by atoms with Gasteiger partial charge >= 0.3 is 5.97 Å². The number of esters is 1. The Hall–Kier alpha value is -2.61. The van der Waals surface area contributed by atoms with Crippen molar-refractivity contribution < 1.29 is 9.53 Å². The van der Waals surface area contributed by atoms with E-state index in [1.165, 1.54) is 57.8 Å². The SMILES string of the molecule is CCCCCC(c1ccccc1)C12C=C3CC4CC5CC67C=C8CC9CC%10CC(C1)C1C%10C%10C9C9C%11C%10C%10C%12C%13C(C4C3C%12C2C1%10)C5C(C%13%11)C6(C89)C7(CCCCC(=O)OC)c1ccccc1. The highest BCUT2D eigenvalue weighted by atomic mass is 16.5. The van der Waals surface area contributed by atoms with Gasteiger partial charge in [0.25, 0.3) is 0 Å². The summed E-state index contributed by atoms with van der Waals surface area (Å²) in [5.41, 5.74) is 9.05. The van der Waals surface area contributed by atoms with Crippen LogP contribution in [-0.4, -0.2) is 13.1 Å². The van der Waals surface area contributed by atoms with Crippen molar-refractivity contribution in [2.75, 3.05) is 7.11 Å². The van der Waals surface area contributed by atoms with E-state index in [1.807, 2.05) is 0 Å². The Morgan fingerprint density at radius 1 is 0.606 bits per heavy atom. The van der Waals surface area contributed by atoms with Crippen molar-refractivity contribution in [1.82, 2.24) is 0 Å². The molecule has 342 valence electrons. The molecule has 0 radical (unpaired) electrons.